The first-order valence-electron chi connectivity index (χ1n) is 6.54. The van der Waals surface area contributed by atoms with Crippen molar-refractivity contribution in [2.45, 2.75) is 26.3 Å². The van der Waals surface area contributed by atoms with Crippen molar-refractivity contribution in [2.75, 3.05) is 0 Å². The van der Waals surface area contributed by atoms with Gasteiger partial charge in [0.15, 0.2) is 0 Å². The number of halogens is 1. The molecule has 1 unspecified atom stereocenters. The molecule has 1 heterocycles. The van der Waals surface area contributed by atoms with Gasteiger partial charge in [-0.1, -0.05) is 41.9 Å². The van der Waals surface area contributed by atoms with Gasteiger partial charge in [-0.15, -0.1) is 0 Å². The van der Waals surface area contributed by atoms with Crippen LogP contribution in [0.3, 0.4) is 0 Å². The van der Waals surface area contributed by atoms with Gasteiger partial charge in [0, 0.05) is 6.04 Å². The molecule has 0 spiro atoms. The van der Waals surface area contributed by atoms with Crippen molar-refractivity contribution in [3.05, 3.63) is 64.4 Å². The van der Waals surface area contributed by atoms with E-state index in [2.05, 4.69) is 29.4 Å². The zero-order chi connectivity index (χ0) is 14.5. The lowest BCUT2D eigenvalue weighted by Crippen LogP contribution is -2.34. The zero-order valence-electron chi connectivity index (χ0n) is 11.6. The van der Waals surface area contributed by atoms with Gasteiger partial charge < -0.3 is 5.32 Å². The van der Waals surface area contributed by atoms with Gasteiger partial charge in [-0.05, 0) is 43.5 Å². The van der Waals surface area contributed by atoms with Gasteiger partial charge >= 0.3 is 0 Å². The summed E-state index contributed by atoms with van der Waals surface area (Å²) in [5.74, 6) is -0.200. The number of amides is 1. The topological polar surface area (TPSA) is 42.0 Å². The predicted octanol–water partition coefficient (Wildman–Crippen LogP) is 3.40. The van der Waals surface area contributed by atoms with E-state index in [0.29, 0.717) is 10.8 Å². The normalized spacial score (nSPS) is 11.9. The van der Waals surface area contributed by atoms with E-state index in [4.69, 9.17) is 11.6 Å². The van der Waals surface area contributed by atoms with E-state index in [1.807, 2.05) is 19.1 Å². The van der Waals surface area contributed by atoms with Gasteiger partial charge in [-0.2, -0.15) is 0 Å². The minimum atomic E-state index is -0.200. The van der Waals surface area contributed by atoms with Crippen LogP contribution in [0.5, 0.6) is 0 Å². The first-order valence-corrected chi connectivity index (χ1v) is 6.92. The highest BCUT2D eigenvalue weighted by atomic mass is 35.5. The van der Waals surface area contributed by atoms with E-state index in [1.54, 1.807) is 18.2 Å². The number of benzene rings is 1. The molecule has 3 nitrogen and oxygen atoms in total. The molecular weight excluding hydrogens is 272 g/mol. The molecule has 0 fully saturated rings. The fraction of sp³-hybridized carbons (Fsp3) is 0.250. The molecule has 0 saturated heterocycles. The third-order valence-corrected chi connectivity index (χ3v) is 3.32. The van der Waals surface area contributed by atoms with Gasteiger partial charge in [0.2, 0.25) is 0 Å². The Hall–Kier alpha value is -1.87. The molecule has 104 valence electrons. The molecule has 1 aromatic heterocycles. The Bertz CT molecular complexity index is 613. The summed E-state index contributed by atoms with van der Waals surface area (Å²) in [5.41, 5.74) is 2.81. The summed E-state index contributed by atoms with van der Waals surface area (Å²) in [6.45, 7) is 4.05. The molecule has 0 bridgehead atoms. The summed E-state index contributed by atoms with van der Waals surface area (Å²) in [7, 11) is 0. The zero-order valence-corrected chi connectivity index (χ0v) is 12.3. The second kappa shape index (κ2) is 6.53. The van der Waals surface area contributed by atoms with Gasteiger partial charge in [0.25, 0.3) is 5.91 Å². The lowest BCUT2D eigenvalue weighted by Gasteiger charge is -2.15. The van der Waals surface area contributed by atoms with Crippen LogP contribution in [0, 0.1) is 6.92 Å². The molecule has 0 aliphatic carbocycles. The Morgan fingerprint density at radius 1 is 1.25 bits per heavy atom. The standard InChI is InChI=1S/C16H17ClN2O/c1-11-6-3-4-7-13(11)10-12(2)18-16(20)14-8-5-9-15(17)19-14/h3-9,12H,10H2,1-2H3,(H,18,20). The highest BCUT2D eigenvalue weighted by molar-refractivity contribution is 6.29. The van der Waals surface area contributed by atoms with Crippen LogP contribution in [0.25, 0.3) is 0 Å². The third kappa shape index (κ3) is 3.81. The highest BCUT2D eigenvalue weighted by Crippen LogP contribution is 2.10. The van der Waals surface area contributed by atoms with Crippen LogP contribution < -0.4 is 5.32 Å². The monoisotopic (exact) mass is 288 g/mol. The fourth-order valence-electron chi connectivity index (χ4n) is 2.05. The Kier molecular flexibility index (Phi) is 4.74. The maximum atomic E-state index is 12.1. The number of nitrogens with one attached hydrogen (secondary N) is 1. The molecule has 20 heavy (non-hydrogen) atoms. The molecule has 1 aromatic carbocycles. The van der Waals surface area contributed by atoms with E-state index < -0.39 is 0 Å². The number of aromatic nitrogens is 1. The molecule has 2 aromatic rings. The molecule has 1 N–H and O–H groups in total. The molecule has 1 amide bonds. The molecular formula is C16H17ClN2O. The van der Waals surface area contributed by atoms with Gasteiger partial charge in [0.05, 0.1) is 0 Å². The van der Waals surface area contributed by atoms with Gasteiger partial charge in [0.1, 0.15) is 10.8 Å². The first kappa shape index (κ1) is 14.5. The summed E-state index contributed by atoms with van der Waals surface area (Å²) in [6, 6.07) is 13.2. The number of hydrogen-bond acceptors (Lipinski definition) is 2. The van der Waals surface area contributed by atoms with Crippen LogP contribution in [0.4, 0.5) is 0 Å². The Balaban J connectivity index is 2.00. The SMILES string of the molecule is Cc1ccccc1CC(C)NC(=O)c1cccc(Cl)n1. The molecule has 4 heteroatoms. The number of hydrogen-bond donors (Lipinski definition) is 1. The maximum Gasteiger partial charge on any atom is 0.270 e. The van der Waals surface area contributed by atoms with Crippen molar-refractivity contribution in [2.24, 2.45) is 0 Å². The van der Waals surface area contributed by atoms with Crippen molar-refractivity contribution in [3.8, 4) is 0 Å². The molecule has 0 saturated carbocycles. The Labute approximate surface area is 124 Å². The maximum absolute atomic E-state index is 12.1. The van der Waals surface area contributed by atoms with Crippen molar-refractivity contribution in [3.63, 3.8) is 0 Å². The second-order valence-corrected chi connectivity index (χ2v) is 5.24. The minimum Gasteiger partial charge on any atom is -0.348 e. The molecule has 2 rings (SSSR count). The minimum absolute atomic E-state index is 0.0318. The van der Waals surface area contributed by atoms with Crippen LogP contribution in [-0.4, -0.2) is 16.9 Å². The lowest BCUT2D eigenvalue weighted by atomic mass is 10.0. The van der Waals surface area contributed by atoms with E-state index in [0.717, 1.165) is 6.42 Å². The van der Waals surface area contributed by atoms with E-state index in [-0.39, 0.29) is 11.9 Å². The average Bonchev–Trinajstić information content (AvgIpc) is 2.41. The van der Waals surface area contributed by atoms with E-state index in [1.165, 1.54) is 11.1 Å². The Morgan fingerprint density at radius 2 is 2.00 bits per heavy atom. The molecule has 1 atom stereocenters. The smallest absolute Gasteiger partial charge is 0.270 e. The summed E-state index contributed by atoms with van der Waals surface area (Å²) in [4.78, 5) is 16.1. The van der Waals surface area contributed by atoms with Gasteiger partial charge in [-0.3, -0.25) is 4.79 Å². The lowest BCUT2D eigenvalue weighted by molar-refractivity contribution is 0.0935. The number of carbonyl (C=O) groups excluding carboxylic acids is 1. The van der Waals surface area contributed by atoms with E-state index in [9.17, 15) is 4.79 Å². The summed E-state index contributed by atoms with van der Waals surface area (Å²) >= 11 is 5.78. The van der Waals surface area contributed by atoms with Crippen molar-refractivity contribution in [1.82, 2.24) is 10.3 Å². The Morgan fingerprint density at radius 3 is 2.70 bits per heavy atom. The number of nitrogens with zero attached hydrogens (tertiary/aromatic N) is 1. The third-order valence-electron chi connectivity index (χ3n) is 3.11. The number of carbonyl (C=O) groups is 1. The van der Waals surface area contributed by atoms with Crippen LogP contribution in [0.15, 0.2) is 42.5 Å². The largest absolute Gasteiger partial charge is 0.348 e. The number of rotatable bonds is 4. The quantitative estimate of drug-likeness (QED) is 0.876. The summed E-state index contributed by atoms with van der Waals surface area (Å²) < 4.78 is 0. The van der Waals surface area contributed by atoms with Crippen LogP contribution in [0.2, 0.25) is 5.15 Å². The molecule has 0 aliphatic rings. The van der Waals surface area contributed by atoms with Crippen LogP contribution in [-0.2, 0) is 6.42 Å². The average molecular weight is 289 g/mol. The fourth-order valence-corrected chi connectivity index (χ4v) is 2.22. The van der Waals surface area contributed by atoms with E-state index >= 15 is 0 Å². The molecule has 0 radical (unpaired) electrons. The highest BCUT2D eigenvalue weighted by Gasteiger charge is 2.12. The van der Waals surface area contributed by atoms with Crippen LogP contribution in [0.1, 0.15) is 28.5 Å². The van der Waals surface area contributed by atoms with Crippen molar-refractivity contribution in [1.29, 1.82) is 0 Å². The number of aryl methyl sites for hydroxylation is 1. The summed E-state index contributed by atoms with van der Waals surface area (Å²) in [5, 5.41) is 3.26. The summed E-state index contributed by atoms with van der Waals surface area (Å²) in [6.07, 6.45) is 0.791. The van der Waals surface area contributed by atoms with Crippen molar-refractivity contribution >= 4 is 17.5 Å². The molecule has 0 aliphatic heterocycles. The second-order valence-electron chi connectivity index (χ2n) is 4.85. The van der Waals surface area contributed by atoms with Gasteiger partial charge in [-0.25, -0.2) is 4.98 Å². The predicted molar refractivity (Wildman–Crippen MR) is 81.1 cm³/mol. The van der Waals surface area contributed by atoms with Crippen molar-refractivity contribution < 1.29 is 4.79 Å². The number of pyridine rings is 1. The first-order chi connectivity index (χ1) is 9.56. The van der Waals surface area contributed by atoms with Crippen LogP contribution >= 0.6 is 11.6 Å².